The Balaban J connectivity index is 2.09. The van der Waals surface area contributed by atoms with Gasteiger partial charge in [0.25, 0.3) is 5.22 Å². The second kappa shape index (κ2) is 6.43. The maximum absolute atomic E-state index is 11.9. The molecular weight excluding hydrogens is 262 g/mol. The van der Waals surface area contributed by atoms with Gasteiger partial charge in [-0.1, -0.05) is 42.1 Å². The van der Waals surface area contributed by atoms with Crippen molar-refractivity contribution in [3.63, 3.8) is 0 Å². The van der Waals surface area contributed by atoms with E-state index in [4.69, 9.17) is 9.15 Å². The Morgan fingerprint density at radius 2 is 2.16 bits per heavy atom. The Labute approximate surface area is 116 Å². The molecular formula is C14H15NO3S. The lowest BCUT2D eigenvalue weighted by atomic mass is 10.0. The summed E-state index contributed by atoms with van der Waals surface area (Å²) in [5.41, 5.74) is 1.77. The zero-order chi connectivity index (χ0) is 13.7. The smallest absolute Gasteiger partial charge is 0.313 e. The number of methoxy groups -OCH3 is 1. The number of rotatable bonds is 5. The minimum absolute atomic E-state index is 0.248. The lowest BCUT2D eigenvalue weighted by Crippen LogP contribution is -2.16. The summed E-state index contributed by atoms with van der Waals surface area (Å²) in [6.07, 6.45) is 1.60. The summed E-state index contributed by atoms with van der Waals surface area (Å²) in [5, 5.41) is 0.572. The number of oxazole rings is 1. The summed E-state index contributed by atoms with van der Waals surface area (Å²) in [4.78, 5) is 16.1. The van der Waals surface area contributed by atoms with Crippen LogP contribution in [0.4, 0.5) is 0 Å². The van der Waals surface area contributed by atoms with Crippen LogP contribution in [0.5, 0.6) is 0 Å². The van der Waals surface area contributed by atoms with Crippen molar-refractivity contribution in [3.8, 4) is 0 Å². The molecule has 4 nitrogen and oxygen atoms in total. The molecule has 19 heavy (non-hydrogen) atoms. The minimum atomic E-state index is -0.316. The Kier molecular flexibility index (Phi) is 4.63. The van der Waals surface area contributed by atoms with E-state index in [9.17, 15) is 4.79 Å². The van der Waals surface area contributed by atoms with Crippen LogP contribution in [0.2, 0.25) is 0 Å². The molecule has 0 bridgehead atoms. The minimum Gasteiger partial charge on any atom is -0.469 e. The summed E-state index contributed by atoms with van der Waals surface area (Å²) >= 11 is 1.41. The van der Waals surface area contributed by atoms with E-state index in [0.717, 1.165) is 11.3 Å². The third-order valence-corrected chi connectivity index (χ3v) is 3.59. The summed E-state index contributed by atoms with van der Waals surface area (Å²) < 4.78 is 10.1. The van der Waals surface area contributed by atoms with Gasteiger partial charge in [0.05, 0.1) is 18.7 Å². The zero-order valence-electron chi connectivity index (χ0n) is 10.8. The molecule has 100 valence electrons. The molecule has 1 atom stereocenters. The molecule has 1 aromatic carbocycles. The number of aromatic nitrogens is 1. The van der Waals surface area contributed by atoms with E-state index in [0.29, 0.717) is 11.0 Å². The molecule has 0 saturated carbocycles. The first kappa shape index (κ1) is 13.7. The highest BCUT2D eigenvalue weighted by Crippen LogP contribution is 2.26. The number of hydrogen-bond acceptors (Lipinski definition) is 5. The number of ether oxygens (including phenoxy) is 1. The van der Waals surface area contributed by atoms with Crippen LogP contribution in [-0.2, 0) is 9.53 Å². The fraction of sp³-hybridized carbons (Fsp3) is 0.286. The number of esters is 1. The molecule has 0 aliphatic heterocycles. The molecule has 1 aromatic heterocycles. The topological polar surface area (TPSA) is 52.3 Å². The van der Waals surface area contributed by atoms with Gasteiger partial charge in [0.2, 0.25) is 0 Å². The molecule has 0 saturated heterocycles. The van der Waals surface area contributed by atoms with Crippen molar-refractivity contribution in [2.75, 3.05) is 12.9 Å². The number of hydrogen-bond donors (Lipinski definition) is 0. The van der Waals surface area contributed by atoms with Crippen LogP contribution >= 0.6 is 11.8 Å². The number of benzene rings is 1. The van der Waals surface area contributed by atoms with E-state index in [2.05, 4.69) is 4.98 Å². The Morgan fingerprint density at radius 3 is 2.74 bits per heavy atom. The number of carbonyl (C=O) groups excluding carboxylic acids is 1. The molecule has 1 heterocycles. The average molecular weight is 277 g/mol. The third-order valence-electron chi connectivity index (χ3n) is 2.66. The van der Waals surface area contributed by atoms with Crippen LogP contribution in [0, 0.1) is 6.92 Å². The van der Waals surface area contributed by atoms with E-state index >= 15 is 0 Å². The van der Waals surface area contributed by atoms with Crippen LogP contribution in [0.25, 0.3) is 0 Å². The molecule has 1 unspecified atom stereocenters. The lowest BCUT2D eigenvalue weighted by molar-refractivity contribution is -0.141. The first-order valence-electron chi connectivity index (χ1n) is 5.88. The third kappa shape index (κ3) is 3.61. The fourth-order valence-electron chi connectivity index (χ4n) is 1.68. The maximum Gasteiger partial charge on any atom is 0.313 e. The molecule has 0 N–H and O–H groups in total. The maximum atomic E-state index is 11.9. The quantitative estimate of drug-likeness (QED) is 0.621. The SMILES string of the molecule is COC(=O)C(CSc1nc(C)co1)c1ccccc1. The van der Waals surface area contributed by atoms with Crippen molar-refractivity contribution in [2.24, 2.45) is 0 Å². The van der Waals surface area contributed by atoms with Crippen LogP contribution < -0.4 is 0 Å². The first-order chi connectivity index (χ1) is 9.20. The van der Waals surface area contributed by atoms with E-state index in [1.165, 1.54) is 18.9 Å². The summed E-state index contributed by atoms with van der Waals surface area (Å²) in [6, 6.07) is 9.57. The monoisotopic (exact) mass is 277 g/mol. The fourth-order valence-corrected chi connectivity index (χ4v) is 2.64. The van der Waals surface area contributed by atoms with Crippen molar-refractivity contribution in [2.45, 2.75) is 18.1 Å². The number of aryl methyl sites for hydroxylation is 1. The molecule has 2 aromatic rings. The molecule has 0 aliphatic carbocycles. The van der Waals surface area contributed by atoms with Gasteiger partial charge in [-0.2, -0.15) is 0 Å². The summed E-state index contributed by atoms with van der Waals surface area (Å²) in [6.45, 7) is 1.86. The molecule has 0 aliphatic rings. The zero-order valence-corrected chi connectivity index (χ0v) is 11.6. The largest absolute Gasteiger partial charge is 0.469 e. The van der Waals surface area contributed by atoms with Gasteiger partial charge in [-0.25, -0.2) is 4.98 Å². The summed E-state index contributed by atoms with van der Waals surface area (Å²) in [5.74, 6) is -0.0261. The second-order valence-electron chi connectivity index (χ2n) is 4.05. The molecule has 0 spiro atoms. The predicted octanol–water partition coefficient (Wildman–Crippen LogP) is 3.03. The molecule has 5 heteroatoms. The Bertz CT molecular complexity index is 539. The molecule has 2 rings (SSSR count). The highest BCUT2D eigenvalue weighted by Gasteiger charge is 2.22. The normalized spacial score (nSPS) is 12.1. The number of carbonyl (C=O) groups is 1. The van der Waals surface area contributed by atoms with Crippen molar-refractivity contribution < 1.29 is 13.9 Å². The Morgan fingerprint density at radius 1 is 1.42 bits per heavy atom. The van der Waals surface area contributed by atoms with Crippen molar-refractivity contribution in [1.29, 1.82) is 0 Å². The van der Waals surface area contributed by atoms with Gasteiger partial charge in [-0.3, -0.25) is 4.79 Å². The molecule has 0 fully saturated rings. The van der Waals surface area contributed by atoms with E-state index in [-0.39, 0.29) is 11.9 Å². The van der Waals surface area contributed by atoms with Crippen molar-refractivity contribution in [1.82, 2.24) is 4.98 Å². The number of thioether (sulfide) groups is 1. The first-order valence-corrected chi connectivity index (χ1v) is 6.87. The van der Waals surface area contributed by atoms with E-state index < -0.39 is 0 Å². The van der Waals surface area contributed by atoms with E-state index in [1.807, 2.05) is 37.3 Å². The van der Waals surface area contributed by atoms with E-state index in [1.54, 1.807) is 6.26 Å². The van der Waals surface area contributed by atoms with Gasteiger partial charge in [0.1, 0.15) is 6.26 Å². The number of nitrogens with zero attached hydrogens (tertiary/aromatic N) is 1. The van der Waals surface area contributed by atoms with Crippen LogP contribution in [0.15, 0.2) is 46.2 Å². The van der Waals surface area contributed by atoms with Crippen molar-refractivity contribution >= 4 is 17.7 Å². The predicted molar refractivity (Wildman–Crippen MR) is 73.2 cm³/mol. The van der Waals surface area contributed by atoms with Gasteiger partial charge in [-0.05, 0) is 12.5 Å². The van der Waals surface area contributed by atoms with Gasteiger partial charge in [-0.15, -0.1) is 0 Å². The molecule has 0 radical (unpaired) electrons. The highest BCUT2D eigenvalue weighted by atomic mass is 32.2. The standard InChI is InChI=1S/C14H15NO3S/c1-10-8-18-14(15-10)19-9-12(13(16)17-2)11-6-4-3-5-7-11/h3-8,12H,9H2,1-2H3. The van der Waals surface area contributed by atoms with Gasteiger partial charge in [0, 0.05) is 5.75 Å². The van der Waals surface area contributed by atoms with Gasteiger partial charge in [0.15, 0.2) is 0 Å². The van der Waals surface area contributed by atoms with Gasteiger partial charge < -0.3 is 9.15 Å². The summed E-state index contributed by atoms with van der Waals surface area (Å²) in [7, 11) is 1.40. The van der Waals surface area contributed by atoms with Crippen LogP contribution in [0.1, 0.15) is 17.2 Å². The lowest BCUT2D eigenvalue weighted by Gasteiger charge is -2.13. The highest BCUT2D eigenvalue weighted by molar-refractivity contribution is 7.99. The van der Waals surface area contributed by atoms with Crippen LogP contribution in [-0.4, -0.2) is 23.8 Å². The molecule has 0 amide bonds. The average Bonchev–Trinajstić information content (AvgIpc) is 2.85. The second-order valence-corrected chi connectivity index (χ2v) is 5.02. The Hall–Kier alpha value is -1.75. The van der Waals surface area contributed by atoms with Gasteiger partial charge >= 0.3 is 5.97 Å². The van der Waals surface area contributed by atoms with Crippen molar-refractivity contribution in [3.05, 3.63) is 47.9 Å². The van der Waals surface area contributed by atoms with Crippen LogP contribution in [0.3, 0.4) is 0 Å².